The van der Waals surface area contributed by atoms with Crippen LogP contribution in [0.3, 0.4) is 0 Å². The second-order valence-corrected chi connectivity index (χ2v) is 4.36. The van der Waals surface area contributed by atoms with Crippen molar-refractivity contribution in [2.24, 2.45) is 0 Å². The molecule has 2 aromatic carbocycles. The first-order chi connectivity index (χ1) is 7.66. The van der Waals surface area contributed by atoms with Crippen molar-refractivity contribution in [1.29, 1.82) is 0 Å². The van der Waals surface area contributed by atoms with E-state index in [1.54, 1.807) is 6.07 Å². The molecule has 0 unspecified atom stereocenters. The first-order valence-electron chi connectivity index (χ1n) is 5.19. The van der Waals surface area contributed by atoms with E-state index in [9.17, 15) is 4.39 Å². The van der Waals surface area contributed by atoms with Crippen LogP contribution in [0.15, 0.2) is 47.4 Å². The van der Waals surface area contributed by atoms with Crippen LogP contribution in [0.5, 0.6) is 0 Å². The summed E-state index contributed by atoms with van der Waals surface area (Å²) in [6.45, 7) is 1.92. The minimum Gasteiger partial charge on any atom is -0.207 e. The highest BCUT2D eigenvalue weighted by molar-refractivity contribution is 7.80. The van der Waals surface area contributed by atoms with Crippen molar-refractivity contribution in [3.8, 4) is 0 Å². The summed E-state index contributed by atoms with van der Waals surface area (Å²) in [5.74, 6) is -0.223. The van der Waals surface area contributed by atoms with Gasteiger partial charge in [-0.15, -0.1) is 12.6 Å². The molecule has 0 aromatic heterocycles. The Bertz CT molecular complexity index is 468. The number of hydrogen-bond donors (Lipinski definition) is 1. The second kappa shape index (κ2) is 4.71. The number of hydrogen-bond acceptors (Lipinski definition) is 1. The quantitative estimate of drug-likeness (QED) is 0.743. The summed E-state index contributed by atoms with van der Waals surface area (Å²) in [7, 11) is 0. The van der Waals surface area contributed by atoms with Crippen molar-refractivity contribution in [3.05, 3.63) is 65.0 Å². The van der Waals surface area contributed by atoms with Gasteiger partial charge >= 0.3 is 0 Å². The third-order valence-corrected chi connectivity index (χ3v) is 3.04. The van der Waals surface area contributed by atoms with Gasteiger partial charge in [0.15, 0.2) is 0 Å². The normalized spacial score (nSPS) is 10.4. The van der Waals surface area contributed by atoms with Crippen molar-refractivity contribution < 1.29 is 4.39 Å². The molecule has 0 saturated carbocycles. The smallest absolute Gasteiger partial charge is 0.124 e. The van der Waals surface area contributed by atoms with E-state index >= 15 is 0 Å². The van der Waals surface area contributed by atoms with E-state index in [0.29, 0.717) is 0 Å². The molecule has 0 atom stereocenters. The van der Waals surface area contributed by atoms with E-state index in [4.69, 9.17) is 0 Å². The van der Waals surface area contributed by atoms with Crippen molar-refractivity contribution in [2.75, 3.05) is 0 Å². The van der Waals surface area contributed by atoms with Gasteiger partial charge in [-0.25, -0.2) is 4.39 Å². The molecule has 0 radical (unpaired) electrons. The van der Waals surface area contributed by atoms with E-state index in [1.807, 2.05) is 25.1 Å². The summed E-state index contributed by atoms with van der Waals surface area (Å²) in [5.41, 5.74) is 3.26. The Morgan fingerprint density at radius 1 is 1.12 bits per heavy atom. The zero-order valence-corrected chi connectivity index (χ0v) is 9.97. The maximum absolute atomic E-state index is 13.1. The average Bonchev–Trinajstić information content (AvgIpc) is 2.25. The average molecular weight is 232 g/mol. The zero-order chi connectivity index (χ0) is 11.5. The molecule has 16 heavy (non-hydrogen) atoms. The van der Waals surface area contributed by atoms with Crippen LogP contribution < -0.4 is 0 Å². The number of halogens is 1. The summed E-state index contributed by atoms with van der Waals surface area (Å²) in [6, 6.07) is 13.2. The van der Waals surface area contributed by atoms with Crippen LogP contribution in [0.2, 0.25) is 0 Å². The molecule has 0 aliphatic heterocycles. The molecule has 0 fully saturated rings. The van der Waals surface area contributed by atoms with Crippen molar-refractivity contribution in [1.82, 2.24) is 0 Å². The van der Waals surface area contributed by atoms with Crippen LogP contribution in [0.4, 0.5) is 4.39 Å². The van der Waals surface area contributed by atoms with Crippen LogP contribution in [0, 0.1) is 12.7 Å². The molecule has 2 rings (SSSR count). The Labute approximate surface area is 101 Å². The Morgan fingerprint density at radius 2 is 1.81 bits per heavy atom. The first-order valence-corrected chi connectivity index (χ1v) is 5.63. The zero-order valence-electron chi connectivity index (χ0n) is 9.07. The lowest BCUT2D eigenvalue weighted by molar-refractivity contribution is 0.621. The van der Waals surface area contributed by atoms with Crippen LogP contribution in [0.1, 0.15) is 16.7 Å². The Hall–Kier alpha value is -1.28. The van der Waals surface area contributed by atoms with Gasteiger partial charge in [0.05, 0.1) is 0 Å². The highest BCUT2D eigenvalue weighted by Crippen LogP contribution is 2.22. The maximum Gasteiger partial charge on any atom is 0.124 e. The fourth-order valence-electron chi connectivity index (χ4n) is 1.79. The molecule has 0 nitrogen and oxygen atoms in total. The Morgan fingerprint density at radius 3 is 2.44 bits per heavy atom. The van der Waals surface area contributed by atoms with E-state index < -0.39 is 0 Å². The van der Waals surface area contributed by atoms with Crippen molar-refractivity contribution in [2.45, 2.75) is 18.2 Å². The van der Waals surface area contributed by atoms with Gasteiger partial charge in [0.1, 0.15) is 5.82 Å². The molecule has 0 saturated heterocycles. The largest absolute Gasteiger partial charge is 0.207 e. The van der Waals surface area contributed by atoms with Gasteiger partial charge in [0, 0.05) is 4.90 Å². The summed E-state index contributed by atoms with van der Waals surface area (Å²) in [6.07, 6.45) is 0.797. The monoisotopic (exact) mass is 232 g/mol. The highest BCUT2D eigenvalue weighted by atomic mass is 32.1. The summed E-state index contributed by atoms with van der Waals surface area (Å²) >= 11 is 4.33. The molecule has 0 heterocycles. The molecule has 0 bridgehead atoms. The van der Waals surface area contributed by atoms with Crippen LogP contribution in [-0.2, 0) is 6.42 Å². The van der Waals surface area contributed by atoms with Crippen molar-refractivity contribution >= 4 is 12.6 Å². The summed E-state index contributed by atoms with van der Waals surface area (Å²) in [5, 5.41) is 0. The number of aryl methyl sites for hydroxylation is 1. The molecule has 0 aliphatic rings. The molecule has 0 amide bonds. The Balaban J connectivity index is 2.35. The third-order valence-electron chi connectivity index (χ3n) is 2.64. The molecule has 2 heteroatoms. The van der Waals surface area contributed by atoms with Crippen molar-refractivity contribution in [3.63, 3.8) is 0 Å². The van der Waals surface area contributed by atoms with E-state index in [1.165, 1.54) is 11.6 Å². The van der Waals surface area contributed by atoms with Gasteiger partial charge in [0.25, 0.3) is 0 Å². The van der Waals surface area contributed by atoms with Gasteiger partial charge < -0.3 is 0 Å². The van der Waals surface area contributed by atoms with E-state index in [2.05, 4.69) is 24.8 Å². The lowest BCUT2D eigenvalue weighted by Gasteiger charge is -2.09. The molecular formula is C14H13FS. The van der Waals surface area contributed by atoms with Gasteiger partial charge in [-0.05, 0) is 42.2 Å². The fraction of sp³-hybridized carbons (Fsp3) is 0.143. The number of thiol groups is 1. The molecular weight excluding hydrogens is 219 g/mol. The lowest BCUT2D eigenvalue weighted by Crippen LogP contribution is -1.95. The first kappa shape index (κ1) is 11.2. The third kappa shape index (κ3) is 2.45. The molecule has 82 valence electrons. The fourth-order valence-corrected chi connectivity index (χ4v) is 2.16. The topological polar surface area (TPSA) is 0 Å². The van der Waals surface area contributed by atoms with Gasteiger partial charge in [-0.2, -0.15) is 0 Å². The summed E-state index contributed by atoms with van der Waals surface area (Å²) in [4.78, 5) is 0.723. The van der Waals surface area contributed by atoms with Crippen LogP contribution in [0.25, 0.3) is 0 Å². The predicted molar refractivity (Wildman–Crippen MR) is 67.6 cm³/mol. The highest BCUT2D eigenvalue weighted by Gasteiger charge is 2.06. The van der Waals surface area contributed by atoms with E-state index in [-0.39, 0.29) is 5.82 Å². The van der Waals surface area contributed by atoms with E-state index in [0.717, 1.165) is 22.4 Å². The van der Waals surface area contributed by atoms with Crippen LogP contribution >= 0.6 is 12.6 Å². The summed E-state index contributed by atoms with van der Waals surface area (Å²) < 4.78 is 13.1. The van der Waals surface area contributed by atoms with Crippen LogP contribution in [-0.4, -0.2) is 0 Å². The minimum absolute atomic E-state index is 0.223. The standard InChI is InChI=1S/C14H13FS/c1-10-7-12(15)9-14(16)13(10)8-11-5-3-2-4-6-11/h2-7,9,16H,8H2,1H3. The minimum atomic E-state index is -0.223. The van der Waals surface area contributed by atoms with Gasteiger partial charge in [-0.3, -0.25) is 0 Å². The maximum atomic E-state index is 13.1. The SMILES string of the molecule is Cc1cc(F)cc(S)c1Cc1ccccc1. The predicted octanol–water partition coefficient (Wildman–Crippen LogP) is 4.01. The molecule has 0 aliphatic carbocycles. The number of benzene rings is 2. The number of rotatable bonds is 2. The molecule has 2 aromatic rings. The second-order valence-electron chi connectivity index (χ2n) is 3.88. The van der Waals surface area contributed by atoms with Gasteiger partial charge in [-0.1, -0.05) is 30.3 Å². The lowest BCUT2D eigenvalue weighted by atomic mass is 10.0. The molecule has 0 N–H and O–H groups in total. The molecule has 0 spiro atoms. The van der Waals surface area contributed by atoms with Gasteiger partial charge in [0.2, 0.25) is 0 Å². The Kier molecular flexibility index (Phi) is 3.30.